The first-order valence-electron chi connectivity index (χ1n) is 8.19. The predicted molar refractivity (Wildman–Crippen MR) is 86.7 cm³/mol. The summed E-state index contributed by atoms with van der Waals surface area (Å²) in [5.41, 5.74) is 3.10. The fourth-order valence-corrected chi connectivity index (χ4v) is 2.68. The molecule has 6 nitrogen and oxygen atoms in total. The summed E-state index contributed by atoms with van der Waals surface area (Å²) in [4.78, 5) is 13.9. The SMILES string of the molecule is CC.CC1COc2cc(C(=O)NO)ccc2CN1CC1COC1. The summed E-state index contributed by atoms with van der Waals surface area (Å²) in [5.74, 6) is 0.797. The van der Waals surface area contributed by atoms with Crippen LogP contribution in [0.5, 0.6) is 5.75 Å². The van der Waals surface area contributed by atoms with E-state index in [2.05, 4.69) is 11.8 Å². The molecule has 2 aliphatic heterocycles. The zero-order valence-electron chi connectivity index (χ0n) is 14.0. The third-order valence-corrected chi connectivity index (χ3v) is 4.11. The van der Waals surface area contributed by atoms with Crippen molar-refractivity contribution in [3.8, 4) is 5.75 Å². The van der Waals surface area contributed by atoms with Crippen molar-refractivity contribution >= 4 is 5.91 Å². The van der Waals surface area contributed by atoms with Crippen molar-refractivity contribution in [3.05, 3.63) is 29.3 Å². The maximum Gasteiger partial charge on any atom is 0.274 e. The lowest BCUT2D eigenvalue weighted by molar-refractivity contribution is -0.0529. The number of rotatable bonds is 3. The Morgan fingerprint density at radius 3 is 2.70 bits per heavy atom. The third kappa shape index (κ3) is 4.22. The molecule has 0 aromatic heterocycles. The van der Waals surface area contributed by atoms with Gasteiger partial charge in [-0.15, -0.1) is 0 Å². The molecule has 0 spiro atoms. The van der Waals surface area contributed by atoms with Gasteiger partial charge in [0.15, 0.2) is 0 Å². The molecule has 1 amide bonds. The van der Waals surface area contributed by atoms with E-state index in [0.717, 1.165) is 37.6 Å². The average molecular weight is 322 g/mol. The third-order valence-electron chi connectivity index (χ3n) is 4.11. The van der Waals surface area contributed by atoms with Crippen LogP contribution in [0.4, 0.5) is 0 Å². The number of ether oxygens (including phenoxy) is 2. The Morgan fingerprint density at radius 1 is 1.35 bits per heavy atom. The molecule has 0 aliphatic carbocycles. The minimum absolute atomic E-state index is 0.313. The highest BCUT2D eigenvalue weighted by atomic mass is 16.5. The number of hydrogen-bond acceptors (Lipinski definition) is 5. The summed E-state index contributed by atoms with van der Waals surface area (Å²) in [6.07, 6.45) is 0. The van der Waals surface area contributed by atoms with Crippen LogP contribution in [-0.2, 0) is 11.3 Å². The van der Waals surface area contributed by atoms with E-state index in [0.29, 0.717) is 24.1 Å². The second kappa shape index (κ2) is 8.29. The van der Waals surface area contributed by atoms with E-state index in [4.69, 9.17) is 14.7 Å². The molecule has 3 rings (SSSR count). The molecule has 1 aromatic rings. The summed E-state index contributed by atoms with van der Waals surface area (Å²) >= 11 is 0. The van der Waals surface area contributed by atoms with E-state index in [-0.39, 0.29) is 0 Å². The monoisotopic (exact) mass is 322 g/mol. The van der Waals surface area contributed by atoms with Crippen LogP contribution in [0.15, 0.2) is 18.2 Å². The lowest BCUT2D eigenvalue weighted by Crippen LogP contribution is -2.43. The number of hydrogen-bond donors (Lipinski definition) is 2. The highest BCUT2D eigenvalue weighted by Gasteiger charge is 2.27. The van der Waals surface area contributed by atoms with Gasteiger partial charge in [-0.3, -0.25) is 14.9 Å². The predicted octanol–water partition coefficient (Wildman–Crippen LogP) is 2.06. The van der Waals surface area contributed by atoms with E-state index >= 15 is 0 Å². The Labute approximate surface area is 137 Å². The van der Waals surface area contributed by atoms with Crippen LogP contribution in [0.25, 0.3) is 0 Å². The van der Waals surface area contributed by atoms with E-state index in [9.17, 15) is 4.79 Å². The van der Waals surface area contributed by atoms with Gasteiger partial charge in [-0.05, 0) is 19.1 Å². The highest BCUT2D eigenvalue weighted by molar-refractivity contribution is 5.93. The topological polar surface area (TPSA) is 71.0 Å². The molecule has 2 aliphatic rings. The first-order chi connectivity index (χ1) is 11.2. The largest absolute Gasteiger partial charge is 0.492 e. The summed E-state index contributed by atoms with van der Waals surface area (Å²) < 4.78 is 11.1. The maximum atomic E-state index is 11.5. The molecular formula is C17H26N2O4. The van der Waals surface area contributed by atoms with Gasteiger partial charge < -0.3 is 9.47 Å². The number of hydroxylamine groups is 1. The van der Waals surface area contributed by atoms with E-state index < -0.39 is 5.91 Å². The number of amides is 1. The van der Waals surface area contributed by atoms with E-state index in [1.165, 1.54) is 0 Å². The molecule has 1 unspecified atom stereocenters. The van der Waals surface area contributed by atoms with Crippen molar-refractivity contribution in [1.29, 1.82) is 0 Å². The molecule has 128 valence electrons. The zero-order chi connectivity index (χ0) is 16.8. The average Bonchev–Trinajstić information content (AvgIpc) is 2.71. The second-order valence-electron chi connectivity index (χ2n) is 5.76. The zero-order valence-corrected chi connectivity index (χ0v) is 14.0. The number of nitrogens with one attached hydrogen (secondary N) is 1. The van der Waals surface area contributed by atoms with Gasteiger partial charge in [-0.1, -0.05) is 19.9 Å². The van der Waals surface area contributed by atoms with Gasteiger partial charge in [0, 0.05) is 36.2 Å². The van der Waals surface area contributed by atoms with Crippen LogP contribution in [0.2, 0.25) is 0 Å². The standard InChI is InChI=1S/C15H20N2O4.C2H6/c1-10-7-21-14-4-12(15(18)16-19)2-3-13(14)6-17(10)5-11-8-20-9-11;1-2/h2-4,10-11,19H,5-9H2,1H3,(H,16,18);1-2H3. The Hall–Kier alpha value is -1.63. The highest BCUT2D eigenvalue weighted by Crippen LogP contribution is 2.27. The van der Waals surface area contributed by atoms with Gasteiger partial charge in [0.1, 0.15) is 12.4 Å². The van der Waals surface area contributed by atoms with Crippen molar-refractivity contribution in [2.75, 3.05) is 26.4 Å². The maximum absolute atomic E-state index is 11.5. The molecule has 0 bridgehead atoms. The number of benzene rings is 1. The summed E-state index contributed by atoms with van der Waals surface area (Å²) in [5, 5.41) is 8.70. The molecular weight excluding hydrogens is 296 g/mol. The first kappa shape index (κ1) is 17.7. The lowest BCUT2D eigenvalue weighted by atomic mass is 10.1. The summed E-state index contributed by atoms with van der Waals surface area (Å²) in [6, 6.07) is 5.59. The molecule has 23 heavy (non-hydrogen) atoms. The van der Waals surface area contributed by atoms with Crippen molar-refractivity contribution < 1.29 is 19.5 Å². The van der Waals surface area contributed by atoms with Crippen molar-refractivity contribution in [2.24, 2.45) is 5.92 Å². The number of fused-ring (bicyclic) bond motifs is 1. The van der Waals surface area contributed by atoms with Crippen LogP contribution in [0, 0.1) is 5.92 Å². The number of carbonyl (C=O) groups is 1. The molecule has 6 heteroatoms. The lowest BCUT2D eigenvalue weighted by Gasteiger charge is -2.34. The molecule has 1 fully saturated rings. The quantitative estimate of drug-likeness (QED) is 0.658. The van der Waals surface area contributed by atoms with Gasteiger partial charge in [0.25, 0.3) is 5.91 Å². The number of nitrogens with zero attached hydrogens (tertiary/aromatic N) is 1. The smallest absolute Gasteiger partial charge is 0.274 e. The van der Waals surface area contributed by atoms with Gasteiger partial charge in [0.05, 0.1) is 13.2 Å². The van der Waals surface area contributed by atoms with E-state index in [1.807, 2.05) is 19.9 Å². The van der Waals surface area contributed by atoms with Crippen LogP contribution < -0.4 is 10.2 Å². The Balaban J connectivity index is 0.000000924. The van der Waals surface area contributed by atoms with Crippen LogP contribution >= 0.6 is 0 Å². The van der Waals surface area contributed by atoms with Crippen molar-refractivity contribution in [1.82, 2.24) is 10.4 Å². The van der Waals surface area contributed by atoms with Gasteiger partial charge in [0.2, 0.25) is 0 Å². The van der Waals surface area contributed by atoms with E-state index in [1.54, 1.807) is 17.6 Å². The normalized spacial score (nSPS) is 21.0. The molecule has 0 saturated carbocycles. The molecule has 2 N–H and O–H groups in total. The van der Waals surface area contributed by atoms with Crippen molar-refractivity contribution in [2.45, 2.75) is 33.4 Å². The van der Waals surface area contributed by atoms with Crippen LogP contribution in [0.3, 0.4) is 0 Å². The molecule has 0 radical (unpaired) electrons. The minimum Gasteiger partial charge on any atom is -0.492 e. The van der Waals surface area contributed by atoms with Crippen molar-refractivity contribution in [3.63, 3.8) is 0 Å². The van der Waals surface area contributed by atoms with Gasteiger partial charge >= 0.3 is 0 Å². The van der Waals surface area contributed by atoms with Gasteiger partial charge in [-0.2, -0.15) is 0 Å². The minimum atomic E-state index is -0.526. The Morgan fingerprint density at radius 2 is 2.09 bits per heavy atom. The molecule has 1 aromatic carbocycles. The molecule has 1 saturated heterocycles. The Kier molecular flexibility index (Phi) is 6.38. The second-order valence-corrected chi connectivity index (χ2v) is 5.76. The fourth-order valence-electron chi connectivity index (χ4n) is 2.68. The Bertz CT molecular complexity index is 531. The van der Waals surface area contributed by atoms with Crippen LogP contribution in [-0.4, -0.2) is 48.4 Å². The fraction of sp³-hybridized carbons (Fsp3) is 0.588. The molecule has 1 atom stereocenters. The number of carbonyl (C=O) groups excluding carboxylic acids is 1. The molecule has 2 heterocycles. The van der Waals surface area contributed by atoms with Crippen LogP contribution in [0.1, 0.15) is 36.7 Å². The first-order valence-corrected chi connectivity index (χ1v) is 8.19. The summed E-state index contributed by atoms with van der Waals surface area (Å²) in [7, 11) is 0. The summed E-state index contributed by atoms with van der Waals surface area (Å²) in [6.45, 7) is 10.2. The van der Waals surface area contributed by atoms with Gasteiger partial charge in [-0.25, -0.2) is 5.48 Å².